The first-order valence-corrected chi connectivity index (χ1v) is 6.34. The van der Waals surface area contributed by atoms with Gasteiger partial charge in [0.25, 0.3) is 5.91 Å². The second kappa shape index (κ2) is 6.04. The molecule has 0 bridgehead atoms. The number of nitrogens with two attached hydrogens (primary N) is 1. The Morgan fingerprint density at radius 1 is 1.47 bits per heavy atom. The Balaban J connectivity index is 1.91. The lowest BCUT2D eigenvalue weighted by Crippen LogP contribution is -2.27. The fraction of sp³-hybridized carbons (Fsp3) is 0.286. The van der Waals surface area contributed by atoms with Crippen molar-refractivity contribution >= 4 is 11.6 Å². The number of aromatic nitrogens is 2. The molecular formula is C14H18N4O. The van der Waals surface area contributed by atoms with Crippen molar-refractivity contribution in [3.8, 4) is 0 Å². The van der Waals surface area contributed by atoms with Gasteiger partial charge in [0.1, 0.15) is 5.69 Å². The van der Waals surface area contributed by atoms with Crippen LogP contribution in [0, 0.1) is 0 Å². The molecule has 0 aliphatic rings. The average Bonchev–Trinajstić information content (AvgIpc) is 2.81. The number of hydrogen-bond acceptors (Lipinski definition) is 3. The van der Waals surface area contributed by atoms with Crippen molar-refractivity contribution in [1.29, 1.82) is 0 Å². The fourth-order valence-corrected chi connectivity index (χ4v) is 1.93. The van der Waals surface area contributed by atoms with E-state index in [2.05, 4.69) is 10.3 Å². The zero-order chi connectivity index (χ0) is 13.7. The lowest BCUT2D eigenvalue weighted by Gasteiger charge is -2.07. The third kappa shape index (κ3) is 3.34. The Bertz CT molecular complexity index is 548. The third-order valence-electron chi connectivity index (χ3n) is 2.88. The van der Waals surface area contributed by atoms with Crippen molar-refractivity contribution in [2.24, 2.45) is 0 Å². The molecule has 0 saturated carbocycles. The summed E-state index contributed by atoms with van der Waals surface area (Å²) >= 11 is 0. The number of carbonyl (C=O) groups is 1. The van der Waals surface area contributed by atoms with Gasteiger partial charge in [-0.15, -0.1) is 0 Å². The van der Waals surface area contributed by atoms with Crippen molar-refractivity contribution in [2.45, 2.75) is 19.9 Å². The molecule has 0 aliphatic carbocycles. The molecule has 2 aromatic rings. The Kier molecular flexibility index (Phi) is 4.18. The minimum Gasteiger partial charge on any atom is -0.397 e. The maximum Gasteiger partial charge on any atom is 0.267 e. The monoisotopic (exact) mass is 258 g/mol. The summed E-state index contributed by atoms with van der Waals surface area (Å²) in [5.74, 6) is -0.102. The van der Waals surface area contributed by atoms with Crippen molar-refractivity contribution in [1.82, 2.24) is 14.9 Å². The lowest BCUT2D eigenvalue weighted by atomic mass is 10.2. The lowest BCUT2D eigenvalue weighted by molar-refractivity contribution is 0.0945. The van der Waals surface area contributed by atoms with Gasteiger partial charge in [-0.05, 0) is 25.1 Å². The summed E-state index contributed by atoms with van der Waals surface area (Å²) in [6, 6.07) is 7.45. The Hall–Kier alpha value is -2.30. The maximum atomic E-state index is 12.0. The van der Waals surface area contributed by atoms with E-state index in [1.54, 1.807) is 18.5 Å². The van der Waals surface area contributed by atoms with Crippen molar-refractivity contribution in [2.75, 3.05) is 12.3 Å². The SMILES string of the molecule is CCn1cc(N)cc1C(=O)NCCc1ccccn1. The van der Waals surface area contributed by atoms with Crippen LogP contribution in [0.1, 0.15) is 23.1 Å². The van der Waals surface area contributed by atoms with Crippen LogP contribution < -0.4 is 11.1 Å². The number of carbonyl (C=O) groups excluding carboxylic acids is 1. The minimum absolute atomic E-state index is 0.102. The van der Waals surface area contributed by atoms with Gasteiger partial charge in [-0.2, -0.15) is 0 Å². The summed E-state index contributed by atoms with van der Waals surface area (Å²) in [7, 11) is 0. The first kappa shape index (κ1) is 13.1. The van der Waals surface area contributed by atoms with Crippen LogP contribution in [-0.4, -0.2) is 22.0 Å². The number of anilines is 1. The van der Waals surface area contributed by atoms with E-state index in [9.17, 15) is 4.79 Å². The summed E-state index contributed by atoms with van der Waals surface area (Å²) < 4.78 is 1.84. The number of hydrogen-bond donors (Lipinski definition) is 2. The van der Waals surface area contributed by atoms with Crippen LogP contribution in [0.15, 0.2) is 36.7 Å². The molecular weight excluding hydrogens is 240 g/mol. The summed E-state index contributed by atoms with van der Waals surface area (Å²) in [5, 5.41) is 2.88. The molecule has 0 saturated heterocycles. The number of aryl methyl sites for hydroxylation is 1. The van der Waals surface area contributed by atoms with Gasteiger partial charge in [-0.3, -0.25) is 9.78 Å². The topological polar surface area (TPSA) is 72.9 Å². The van der Waals surface area contributed by atoms with Crippen LogP contribution >= 0.6 is 0 Å². The molecule has 0 spiro atoms. The molecule has 3 N–H and O–H groups in total. The molecule has 0 radical (unpaired) electrons. The normalized spacial score (nSPS) is 10.4. The summed E-state index contributed by atoms with van der Waals surface area (Å²) in [4.78, 5) is 16.2. The molecule has 0 unspecified atom stereocenters. The number of nitrogens with zero attached hydrogens (tertiary/aromatic N) is 2. The van der Waals surface area contributed by atoms with Crippen LogP contribution in [0.25, 0.3) is 0 Å². The first-order valence-electron chi connectivity index (χ1n) is 6.34. The van der Waals surface area contributed by atoms with Gasteiger partial charge in [0.2, 0.25) is 0 Å². The zero-order valence-corrected chi connectivity index (χ0v) is 11.0. The number of pyridine rings is 1. The van der Waals surface area contributed by atoms with E-state index in [1.165, 1.54) is 0 Å². The van der Waals surface area contributed by atoms with Gasteiger partial charge in [0.15, 0.2) is 0 Å². The molecule has 0 fully saturated rings. The van der Waals surface area contributed by atoms with Crippen LogP contribution in [0.5, 0.6) is 0 Å². The third-order valence-corrected chi connectivity index (χ3v) is 2.88. The second-order valence-electron chi connectivity index (χ2n) is 4.27. The predicted molar refractivity (Wildman–Crippen MR) is 74.8 cm³/mol. The molecule has 0 atom stereocenters. The Morgan fingerprint density at radius 2 is 2.32 bits per heavy atom. The van der Waals surface area contributed by atoms with Crippen LogP contribution in [0.2, 0.25) is 0 Å². The molecule has 5 nitrogen and oxygen atoms in total. The Labute approximate surface area is 112 Å². The van der Waals surface area contributed by atoms with E-state index >= 15 is 0 Å². The molecule has 1 amide bonds. The fourth-order valence-electron chi connectivity index (χ4n) is 1.93. The molecule has 19 heavy (non-hydrogen) atoms. The van der Waals surface area contributed by atoms with E-state index in [1.807, 2.05) is 29.7 Å². The zero-order valence-electron chi connectivity index (χ0n) is 11.0. The molecule has 5 heteroatoms. The highest BCUT2D eigenvalue weighted by Gasteiger charge is 2.11. The first-order chi connectivity index (χ1) is 9.20. The van der Waals surface area contributed by atoms with E-state index in [-0.39, 0.29) is 5.91 Å². The highest BCUT2D eigenvalue weighted by atomic mass is 16.1. The van der Waals surface area contributed by atoms with Gasteiger partial charge >= 0.3 is 0 Å². The summed E-state index contributed by atoms with van der Waals surface area (Å²) in [6.07, 6.45) is 4.24. The van der Waals surface area contributed by atoms with Crippen molar-refractivity contribution in [3.05, 3.63) is 48.0 Å². The highest BCUT2D eigenvalue weighted by molar-refractivity contribution is 5.93. The van der Waals surface area contributed by atoms with Gasteiger partial charge in [-0.1, -0.05) is 6.07 Å². The minimum atomic E-state index is -0.102. The van der Waals surface area contributed by atoms with E-state index in [0.29, 0.717) is 17.9 Å². The number of nitrogen functional groups attached to an aromatic ring is 1. The highest BCUT2D eigenvalue weighted by Crippen LogP contribution is 2.10. The largest absolute Gasteiger partial charge is 0.397 e. The molecule has 2 heterocycles. The van der Waals surface area contributed by atoms with Gasteiger partial charge in [-0.25, -0.2) is 0 Å². The average molecular weight is 258 g/mol. The molecule has 100 valence electrons. The maximum absolute atomic E-state index is 12.0. The van der Waals surface area contributed by atoms with Crippen molar-refractivity contribution in [3.63, 3.8) is 0 Å². The number of nitrogens with one attached hydrogen (secondary N) is 1. The Morgan fingerprint density at radius 3 is 3.00 bits per heavy atom. The molecule has 0 aliphatic heterocycles. The van der Waals surface area contributed by atoms with Crippen molar-refractivity contribution < 1.29 is 4.79 Å². The van der Waals surface area contributed by atoms with Crippen LogP contribution in [-0.2, 0) is 13.0 Å². The molecule has 2 aromatic heterocycles. The predicted octanol–water partition coefficient (Wildman–Crippen LogP) is 1.46. The van der Waals surface area contributed by atoms with Crippen LogP contribution in [0.3, 0.4) is 0 Å². The van der Waals surface area contributed by atoms with Gasteiger partial charge < -0.3 is 15.6 Å². The van der Waals surface area contributed by atoms with E-state index in [0.717, 1.165) is 18.7 Å². The summed E-state index contributed by atoms with van der Waals surface area (Å²) in [6.45, 7) is 3.26. The second-order valence-corrected chi connectivity index (χ2v) is 4.27. The molecule has 0 aromatic carbocycles. The number of amides is 1. The van der Waals surface area contributed by atoms with E-state index < -0.39 is 0 Å². The summed E-state index contributed by atoms with van der Waals surface area (Å²) in [5.41, 5.74) is 7.87. The smallest absolute Gasteiger partial charge is 0.267 e. The van der Waals surface area contributed by atoms with E-state index in [4.69, 9.17) is 5.73 Å². The quantitative estimate of drug-likeness (QED) is 0.852. The van der Waals surface area contributed by atoms with Gasteiger partial charge in [0.05, 0.1) is 5.69 Å². The standard InChI is InChI=1S/C14H18N4O/c1-2-18-10-11(15)9-13(18)14(19)17-8-6-12-5-3-4-7-16-12/h3-5,7,9-10H,2,6,8,15H2,1H3,(H,17,19). The molecule has 2 rings (SSSR count). The van der Waals surface area contributed by atoms with Gasteiger partial charge in [0, 0.05) is 37.6 Å². The number of rotatable bonds is 5. The van der Waals surface area contributed by atoms with Crippen LogP contribution in [0.4, 0.5) is 5.69 Å².